The van der Waals surface area contributed by atoms with E-state index in [9.17, 15) is 9.59 Å². The molecule has 1 heterocycles. The molecular formula is C11H19N3O2S. The fourth-order valence-electron chi connectivity index (χ4n) is 1.85. The first-order valence-corrected chi connectivity index (χ1v) is 6.18. The van der Waals surface area contributed by atoms with Gasteiger partial charge in [0, 0.05) is 33.1 Å². The topological polar surface area (TPSA) is 66.6 Å². The van der Waals surface area contributed by atoms with Crippen molar-refractivity contribution in [1.29, 1.82) is 0 Å². The lowest BCUT2D eigenvalue weighted by atomic mass is 10.1. The molecule has 1 fully saturated rings. The second kappa shape index (κ2) is 5.95. The van der Waals surface area contributed by atoms with Gasteiger partial charge in [-0.25, -0.2) is 0 Å². The Hall–Kier alpha value is -1.17. The van der Waals surface area contributed by atoms with E-state index in [2.05, 4.69) is 0 Å². The van der Waals surface area contributed by atoms with Crippen LogP contribution >= 0.6 is 12.2 Å². The van der Waals surface area contributed by atoms with E-state index in [-0.39, 0.29) is 16.8 Å². The summed E-state index contributed by atoms with van der Waals surface area (Å²) < 4.78 is 0. The number of nitrogens with zero attached hydrogens (tertiary/aromatic N) is 2. The number of amides is 2. The van der Waals surface area contributed by atoms with Gasteiger partial charge >= 0.3 is 0 Å². The first kappa shape index (κ1) is 13.9. The molecule has 0 bridgehead atoms. The van der Waals surface area contributed by atoms with Gasteiger partial charge in [-0.1, -0.05) is 12.2 Å². The second-order valence-corrected chi connectivity index (χ2v) is 4.78. The first-order chi connectivity index (χ1) is 7.93. The van der Waals surface area contributed by atoms with Gasteiger partial charge in [-0.2, -0.15) is 0 Å². The number of nitrogens with two attached hydrogens (primary N) is 1. The minimum Gasteiger partial charge on any atom is -0.393 e. The van der Waals surface area contributed by atoms with E-state index in [1.165, 1.54) is 0 Å². The molecule has 1 atom stereocenters. The maximum Gasteiger partial charge on any atom is 0.232 e. The molecule has 0 aromatic carbocycles. The average Bonchev–Trinajstić information content (AvgIpc) is 2.52. The number of hydrogen-bond acceptors (Lipinski definition) is 3. The highest BCUT2D eigenvalue weighted by Gasteiger charge is 2.25. The van der Waals surface area contributed by atoms with Crippen molar-refractivity contribution in [2.24, 2.45) is 11.7 Å². The second-order valence-electron chi connectivity index (χ2n) is 4.31. The number of thiocarbonyl (C=S) groups is 1. The lowest BCUT2D eigenvalue weighted by Gasteiger charge is -2.24. The molecule has 17 heavy (non-hydrogen) atoms. The van der Waals surface area contributed by atoms with Gasteiger partial charge in [-0.05, 0) is 13.3 Å². The molecule has 0 aromatic rings. The van der Waals surface area contributed by atoms with Gasteiger partial charge in [0.15, 0.2) is 0 Å². The molecule has 0 aliphatic carbocycles. The molecule has 1 saturated heterocycles. The summed E-state index contributed by atoms with van der Waals surface area (Å²) in [5.74, 6) is -0.404. The van der Waals surface area contributed by atoms with Gasteiger partial charge in [0.1, 0.15) is 0 Å². The molecule has 96 valence electrons. The first-order valence-electron chi connectivity index (χ1n) is 5.77. The smallest absolute Gasteiger partial charge is 0.232 e. The zero-order chi connectivity index (χ0) is 13.0. The van der Waals surface area contributed by atoms with E-state index in [0.29, 0.717) is 26.2 Å². The zero-order valence-corrected chi connectivity index (χ0v) is 11.1. The molecule has 0 aromatic heterocycles. The van der Waals surface area contributed by atoms with Crippen LogP contribution in [0.3, 0.4) is 0 Å². The van der Waals surface area contributed by atoms with Gasteiger partial charge in [0.05, 0.1) is 10.9 Å². The van der Waals surface area contributed by atoms with Gasteiger partial charge in [-0.3, -0.25) is 9.59 Å². The van der Waals surface area contributed by atoms with E-state index in [4.69, 9.17) is 18.0 Å². The summed E-state index contributed by atoms with van der Waals surface area (Å²) in [4.78, 5) is 27.0. The fraction of sp³-hybridized carbons (Fsp3) is 0.727. The Kier molecular flexibility index (Phi) is 4.86. The third-order valence-corrected chi connectivity index (χ3v) is 3.40. The van der Waals surface area contributed by atoms with Crippen LogP contribution in [-0.2, 0) is 9.59 Å². The van der Waals surface area contributed by atoms with Crippen molar-refractivity contribution in [3.63, 3.8) is 0 Å². The normalized spacial score (nSPS) is 18.5. The van der Waals surface area contributed by atoms with Crippen molar-refractivity contribution >= 4 is 29.0 Å². The Labute approximate surface area is 107 Å². The summed E-state index contributed by atoms with van der Waals surface area (Å²) in [6.45, 7) is 5.79. The third kappa shape index (κ3) is 3.66. The summed E-state index contributed by atoms with van der Waals surface area (Å²) in [5.41, 5.74) is 5.48. The van der Waals surface area contributed by atoms with Crippen molar-refractivity contribution in [2.45, 2.75) is 20.3 Å². The highest BCUT2D eigenvalue weighted by molar-refractivity contribution is 7.80. The molecule has 2 N–H and O–H groups in total. The third-order valence-electron chi connectivity index (χ3n) is 3.05. The van der Waals surface area contributed by atoms with Crippen LogP contribution in [0.1, 0.15) is 20.3 Å². The molecule has 6 heteroatoms. The maximum atomic E-state index is 12.0. The lowest BCUT2D eigenvalue weighted by Crippen LogP contribution is -2.42. The van der Waals surface area contributed by atoms with Crippen LogP contribution in [0.4, 0.5) is 0 Å². The highest BCUT2D eigenvalue weighted by atomic mass is 32.1. The van der Waals surface area contributed by atoms with Gasteiger partial charge < -0.3 is 15.5 Å². The summed E-state index contributed by atoms with van der Waals surface area (Å²) in [5, 5.41) is 0. The average molecular weight is 257 g/mol. The van der Waals surface area contributed by atoms with Gasteiger partial charge in [0.25, 0.3) is 0 Å². The molecule has 0 radical (unpaired) electrons. The summed E-state index contributed by atoms with van der Waals surface area (Å²) in [7, 11) is 0. The van der Waals surface area contributed by atoms with Crippen LogP contribution in [0.25, 0.3) is 0 Å². The summed E-state index contributed by atoms with van der Waals surface area (Å²) in [6, 6.07) is 0. The Morgan fingerprint density at radius 3 is 2.24 bits per heavy atom. The Balaban J connectivity index is 2.60. The molecule has 0 saturated carbocycles. The molecule has 1 rings (SSSR count). The SMILES string of the molecule is CC(=O)N1CCCN(C(=O)C(C)C(N)=S)CC1. The number of rotatable bonds is 2. The van der Waals surface area contributed by atoms with Crippen molar-refractivity contribution in [3.05, 3.63) is 0 Å². The van der Waals surface area contributed by atoms with Crippen LogP contribution in [0, 0.1) is 5.92 Å². The number of carbonyl (C=O) groups is 2. The summed E-state index contributed by atoms with van der Waals surface area (Å²) in [6.07, 6.45) is 0.801. The highest BCUT2D eigenvalue weighted by Crippen LogP contribution is 2.08. The van der Waals surface area contributed by atoms with Crippen molar-refractivity contribution in [1.82, 2.24) is 9.80 Å². The fourth-order valence-corrected chi connectivity index (χ4v) is 1.95. The number of carbonyl (C=O) groups excluding carboxylic acids is 2. The van der Waals surface area contributed by atoms with E-state index < -0.39 is 5.92 Å². The quantitative estimate of drug-likeness (QED) is 0.707. The Bertz CT molecular complexity index is 333. The van der Waals surface area contributed by atoms with E-state index in [1.54, 1.807) is 23.6 Å². The predicted molar refractivity (Wildman–Crippen MR) is 69.4 cm³/mol. The van der Waals surface area contributed by atoms with Crippen molar-refractivity contribution < 1.29 is 9.59 Å². The van der Waals surface area contributed by atoms with Crippen molar-refractivity contribution in [2.75, 3.05) is 26.2 Å². The van der Waals surface area contributed by atoms with Gasteiger partial charge in [0.2, 0.25) is 11.8 Å². The predicted octanol–water partition coefficient (Wildman–Crippen LogP) is -0.0106. The Morgan fingerprint density at radius 2 is 1.71 bits per heavy atom. The van der Waals surface area contributed by atoms with Crippen LogP contribution in [-0.4, -0.2) is 52.8 Å². The van der Waals surface area contributed by atoms with Crippen molar-refractivity contribution in [3.8, 4) is 0 Å². The van der Waals surface area contributed by atoms with E-state index in [1.807, 2.05) is 0 Å². The van der Waals surface area contributed by atoms with Gasteiger partial charge in [-0.15, -0.1) is 0 Å². The standard InChI is InChI=1S/C11H19N3O2S/c1-8(10(12)17)11(16)14-5-3-4-13(6-7-14)9(2)15/h8H,3-7H2,1-2H3,(H2,12,17). The molecule has 1 aliphatic rings. The largest absolute Gasteiger partial charge is 0.393 e. The van der Waals surface area contributed by atoms with E-state index in [0.717, 1.165) is 6.42 Å². The molecule has 5 nitrogen and oxygen atoms in total. The monoisotopic (exact) mass is 257 g/mol. The van der Waals surface area contributed by atoms with E-state index >= 15 is 0 Å². The van der Waals surface area contributed by atoms with Crippen LogP contribution in [0.5, 0.6) is 0 Å². The molecule has 1 unspecified atom stereocenters. The molecule has 1 aliphatic heterocycles. The Morgan fingerprint density at radius 1 is 1.18 bits per heavy atom. The lowest BCUT2D eigenvalue weighted by molar-refractivity contribution is -0.133. The summed E-state index contributed by atoms with van der Waals surface area (Å²) >= 11 is 4.83. The van der Waals surface area contributed by atoms with Crippen LogP contribution < -0.4 is 5.73 Å². The van der Waals surface area contributed by atoms with Crippen LogP contribution in [0.2, 0.25) is 0 Å². The number of hydrogen-bond donors (Lipinski definition) is 1. The molecule has 2 amide bonds. The maximum absolute atomic E-state index is 12.0. The minimum atomic E-state index is -0.422. The van der Waals surface area contributed by atoms with Crippen LogP contribution in [0.15, 0.2) is 0 Å². The zero-order valence-electron chi connectivity index (χ0n) is 10.3. The molecule has 0 spiro atoms. The molecular weight excluding hydrogens is 238 g/mol. The minimum absolute atomic E-state index is 0.0390.